The maximum Gasteiger partial charge on any atom is 0.313 e. The van der Waals surface area contributed by atoms with Gasteiger partial charge in [-0.25, -0.2) is 0 Å². The molecule has 0 saturated carbocycles. The lowest BCUT2D eigenvalue weighted by atomic mass is 10.2. The minimum atomic E-state index is -0.753. The lowest BCUT2D eigenvalue weighted by Gasteiger charge is -2.08. The number of hydrogen-bond acceptors (Lipinski definition) is 3. The Hall–Kier alpha value is -2.53. The third kappa shape index (κ3) is 4.23. The number of hydrogen-bond donors (Lipinski definition) is 2. The van der Waals surface area contributed by atoms with Crippen LogP contribution < -0.4 is 15.4 Å². The van der Waals surface area contributed by atoms with Crippen LogP contribution in [-0.2, 0) is 16.1 Å². The van der Waals surface area contributed by atoms with E-state index in [0.717, 1.165) is 5.56 Å². The molecule has 0 aliphatic rings. The second-order valence-corrected chi connectivity index (χ2v) is 4.88. The molecule has 0 aliphatic carbocycles. The SMILES string of the molecule is COc1ccc(NC(=O)C(=O)NCc2ccccc2)cc1Cl. The van der Waals surface area contributed by atoms with E-state index >= 15 is 0 Å². The fourth-order valence-corrected chi connectivity index (χ4v) is 2.05. The van der Waals surface area contributed by atoms with E-state index in [4.69, 9.17) is 16.3 Å². The number of benzene rings is 2. The molecule has 0 aliphatic heterocycles. The second kappa shape index (κ2) is 7.47. The van der Waals surface area contributed by atoms with Crippen LogP contribution in [0.4, 0.5) is 5.69 Å². The third-order valence-corrected chi connectivity index (χ3v) is 3.21. The van der Waals surface area contributed by atoms with Crippen molar-refractivity contribution in [2.45, 2.75) is 6.54 Å². The molecule has 114 valence electrons. The maximum absolute atomic E-state index is 11.8. The molecule has 0 spiro atoms. The average Bonchev–Trinajstić information content (AvgIpc) is 2.53. The molecule has 22 heavy (non-hydrogen) atoms. The van der Waals surface area contributed by atoms with Gasteiger partial charge in [-0.1, -0.05) is 41.9 Å². The Morgan fingerprint density at radius 3 is 2.45 bits per heavy atom. The molecule has 6 heteroatoms. The van der Waals surface area contributed by atoms with E-state index in [9.17, 15) is 9.59 Å². The van der Waals surface area contributed by atoms with Gasteiger partial charge in [-0.05, 0) is 23.8 Å². The summed E-state index contributed by atoms with van der Waals surface area (Å²) in [5.74, 6) is -0.971. The van der Waals surface area contributed by atoms with Gasteiger partial charge in [-0.3, -0.25) is 9.59 Å². The lowest BCUT2D eigenvalue weighted by Crippen LogP contribution is -2.34. The van der Waals surface area contributed by atoms with E-state index in [0.29, 0.717) is 16.5 Å². The molecule has 2 rings (SSSR count). The van der Waals surface area contributed by atoms with Crippen molar-refractivity contribution in [2.24, 2.45) is 0 Å². The first-order valence-corrected chi connectivity index (χ1v) is 6.94. The zero-order valence-corrected chi connectivity index (χ0v) is 12.7. The summed E-state index contributed by atoms with van der Waals surface area (Å²) < 4.78 is 5.02. The van der Waals surface area contributed by atoms with Gasteiger partial charge in [0.15, 0.2) is 0 Å². The Morgan fingerprint density at radius 1 is 1.09 bits per heavy atom. The van der Waals surface area contributed by atoms with E-state index in [1.807, 2.05) is 30.3 Å². The van der Waals surface area contributed by atoms with E-state index in [2.05, 4.69) is 10.6 Å². The summed E-state index contributed by atoms with van der Waals surface area (Å²) in [5.41, 5.74) is 1.34. The highest BCUT2D eigenvalue weighted by molar-refractivity contribution is 6.39. The van der Waals surface area contributed by atoms with Crippen LogP contribution in [0.3, 0.4) is 0 Å². The number of nitrogens with one attached hydrogen (secondary N) is 2. The maximum atomic E-state index is 11.8. The Kier molecular flexibility index (Phi) is 5.38. The molecule has 0 heterocycles. The second-order valence-electron chi connectivity index (χ2n) is 4.47. The normalized spacial score (nSPS) is 9.91. The van der Waals surface area contributed by atoms with Crippen molar-refractivity contribution < 1.29 is 14.3 Å². The summed E-state index contributed by atoms with van der Waals surface area (Å²) in [6, 6.07) is 14.1. The monoisotopic (exact) mass is 318 g/mol. The van der Waals surface area contributed by atoms with Gasteiger partial charge in [-0.2, -0.15) is 0 Å². The zero-order valence-electron chi connectivity index (χ0n) is 11.9. The summed E-state index contributed by atoms with van der Waals surface area (Å²) in [6.07, 6.45) is 0. The summed E-state index contributed by atoms with van der Waals surface area (Å²) in [7, 11) is 1.50. The van der Waals surface area contributed by atoms with Crippen LogP contribution in [0.1, 0.15) is 5.56 Å². The van der Waals surface area contributed by atoms with Crippen molar-refractivity contribution in [1.82, 2.24) is 5.32 Å². The Bertz CT molecular complexity index is 674. The number of halogens is 1. The molecule has 2 aromatic rings. The summed E-state index contributed by atoms with van der Waals surface area (Å²) in [4.78, 5) is 23.5. The van der Waals surface area contributed by atoms with Crippen LogP contribution in [0, 0.1) is 0 Å². The largest absolute Gasteiger partial charge is 0.495 e. The van der Waals surface area contributed by atoms with Gasteiger partial charge in [0.1, 0.15) is 5.75 Å². The van der Waals surface area contributed by atoms with Gasteiger partial charge in [0, 0.05) is 12.2 Å². The van der Waals surface area contributed by atoms with Gasteiger partial charge in [-0.15, -0.1) is 0 Å². The first kappa shape index (κ1) is 15.9. The van der Waals surface area contributed by atoms with Gasteiger partial charge in [0.25, 0.3) is 0 Å². The Balaban J connectivity index is 1.91. The van der Waals surface area contributed by atoms with Crippen LogP contribution in [-0.4, -0.2) is 18.9 Å². The van der Waals surface area contributed by atoms with E-state index < -0.39 is 11.8 Å². The number of carbonyl (C=O) groups is 2. The zero-order chi connectivity index (χ0) is 15.9. The molecule has 0 atom stereocenters. The van der Waals surface area contributed by atoms with Crippen molar-refractivity contribution in [2.75, 3.05) is 12.4 Å². The standard InChI is InChI=1S/C16H15ClN2O3/c1-22-14-8-7-12(9-13(14)17)19-16(21)15(20)18-10-11-5-3-2-4-6-11/h2-9H,10H2,1H3,(H,18,20)(H,19,21). The summed E-state index contributed by atoms with van der Waals surface area (Å²) in [6.45, 7) is 0.288. The summed E-state index contributed by atoms with van der Waals surface area (Å²) >= 11 is 5.96. The predicted octanol–water partition coefficient (Wildman–Crippen LogP) is 2.60. The molecular weight excluding hydrogens is 304 g/mol. The van der Waals surface area contributed by atoms with Gasteiger partial charge >= 0.3 is 11.8 Å². The number of carbonyl (C=O) groups excluding carboxylic acids is 2. The molecule has 5 nitrogen and oxygen atoms in total. The minimum Gasteiger partial charge on any atom is -0.495 e. The van der Waals surface area contributed by atoms with E-state index in [1.165, 1.54) is 13.2 Å². The van der Waals surface area contributed by atoms with Crippen LogP contribution in [0.2, 0.25) is 5.02 Å². The van der Waals surface area contributed by atoms with E-state index in [-0.39, 0.29) is 6.54 Å². The van der Waals surface area contributed by atoms with Crippen LogP contribution >= 0.6 is 11.6 Å². The van der Waals surface area contributed by atoms with Crippen molar-refractivity contribution in [3.63, 3.8) is 0 Å². The molecule has 0 bridgehead atoms. The smallest absolute Gasteiger partial charge is 0.313 e. The Morgan fingerprint density at radius 2 is 1.82 bits per heavy atom. The molecule has 0 unspecified atom stereocenters. The molecular formula is C16H15ClN2O3. The van der Waals surface area contributed by atoms with Gasteiger partial charge in [0.05, 0.1) is 12.1 Å². The van der Waals surface area contributed by atoms with Crippen molar-refractivity contribution in [3.8, 4) is 5.75 Å². The average molecular weight is 319 g/mol. The predicted molar refractivity (Wildman–Crippen MR) is 84.9 cm³/mol. The molecule has 0 saturated heterocycles. The quantitative estimate of drug-likeness (QED) is 0.852. The number of amides is 2. The minimum absolute atomic E-state index is 0.288. The van der Waals surface area contributed by atoms with Crippen molar-refractivity contribution in [1.29, 1.82) is 0 Å². The highest BCUT2D eigenvalue weighted by Crippen LogP contribution is 2.27. The fraction of sp³-hybridized carbons (Fsp3) is 0.125. The highest BCUT2D eigenvalue weighted by atomic mass is 35.5. The Labute approximate surface area is 133 Å². The molecule has 0 fully saturated rings. The number of ether oxygens (including phenoxy) is 1. The number of methoxy groups -OCH3 is 1. The first-order chi connectivity index (χ1) is 10.6. The first-order valence-electron chi connectivity index (χ1n) is 6.57. The highest BCUT2D eigenvalue weighted by Gasteiger charge is 2.14. The van der Waals surface area contributed by atoms with Gasteiger partial charge in [0.2, 0.25) is 0 Å². The summed E-state index contributed by atoms with van der Waals surface area (Å²) in [5, 5.41) is 5.38. The number of anilines is 1. The van der Waals surface area contributed by atoms with Crippen LogP contribution in [0.5, 0.6) is 5.75 Å². The molecule has 2 aromatic carbocycles. The molecule has 2 amide bonds. The third-order valence-electron chi connectivity index (χ3n) is 2.91. The molecule has 0 radical (unpaired) electrons. The van der Waals surface area contributed by atoms with Crippen LogP contribution in [0.25, 0.3) is 0 Å². The van der Waals surface area contributed by atoms with E-state index in [1.54, 1.807) is 12.1 Å². The molecule has 2 N–H and O–H groups in total. The van der Waals surface area contributed by atoms with Crippen molar-refractivity contribution >= 4 is 29.1 Å². The van der Waals surface area contributed by atoms with Crippen LogP contribution in [0.15, 0.2) is 48.5 Å². The lowest BCUT2D eigenvalue weighted by molar-refractivity contribution is -0.136. The molecule has 0 aromatic heterocycles. The van der Waals surface area contributed by atoms with Crippen molar-refractivity contribution in [3.05, 3.63) is 59.1 Å². The number of rotatable bonds is 4. The fourth-order valence-electron chi connectivity index (χ4n) is 1.79. The van der Waals surface area contributed by atoms with Gasteiger partial charge < -0.3 is 15.4 Å². The topological polar surface area (TPSA) is 67.4 Å².